The first kappa shape index (κ1) is 13.3. The van der Waals surface area contributed by atoms with Crippen LogP contribution in [0.3, 0.4) is 0 Å². The fraction of sp³-hybridized carbons (Fsp3) is 0.571. The fourth-order valence-corrected chi connectivity index (χ4v) is 5.11. The Bertz CT molecular complexity index is 494. The van der Waals surface area contributed by atoms with Gasteiger partial charge in [0, 0.05) is 16.9 Å². The molecule has 2 atom stereocenters. The molecule has 1 aromatic carbocycles. The Labute approximate surface area is 114 Å². The highest BCUT2D eigenvalue weighted by atomic mass is 32.2. The lowest BCUT2D eigenvalue weighted by molar-refractivity contribution is 0.0232. The summed E-state index contributed by atoms with van der Waals surface area (Å²) in [5, 5.41) is 11.4. The largest absolute Gasteiger partial charge is 0.389 e. The van der Waals surface area contributed by atoms with Crippen molar-refractivity contribution >= 4 is 11.8 Å². The van der Waals surface area contributed by atoms with E-state index in [9.17, 15) is 18.3 Å². The van der Waals surface area contributed by atoms with Gasteiger partial charge >= 0.3 is 0 Å². The first-order valence-corrected chi connectivity index (χ1v) is 7.41. The van der Waals surface area contributed by atoms with Crippen LogP contribution >= 0.6 is 11.8 Å². The van der Waals surface area contributed by atoms with Crippen molar-refractivity contribution in [2.45, 2.75) is 48.2 Å². The Morgan fingerprint density at radius 2 is 1.74 bits per heavy atom. The van der Waals surface area contributed by atoms with E-state index in [4.69, 9.17) is 0 Å². The van der Waals surface area contributed by atoms with Gasteiger partial charge in [0.15, 0.2) is 17.5 Å². The van der Waals surface area contributed by atoms with E-state index < -0.39 is 23.1 Å². The maximum absolute atomic E-state index is 13.7. The first-order chi connectivity index (χ1) is 8.97. The van der Waals surface area contributed by atoms with E-state index in [0.29, 0.717) is 23.3 Å². The van der Waals surface area contributed by atoms with Crippen LogP contribution in [0.4, 0.5) is 13.2 Å². The standard InChI is InChI=1S/C14H15F3OS/c15-11-4-1-8(12(16)13(11)17)5-14(18)6-9-2-3-10(7-14)19-9/h1,4,9-10,18H,2-3,5-7H2. The van der Waals surface area contributed by atoms with E-state index in [0.717, 1.165) is 18.9 Å². The highest BCUT2D eigenvalue weighted by molar-refractivity contribution is 8.00. The van der Waals surface area contributed by atoms with Gasteiger partial charge in [-0.1, -0.05) is 6.07 Å². The summed E-state index contributed by atoms with van der Waals surface area (Å²) < 4.78 is 39.8. The molecule has 5 heteroatoms. The zero-order chi connectivity index (χ0) is 13.6. The molecule has 1 N–H and O–H groups in total. The molecule has 104 valence electrons. The van der Waals surface area contributed by atoms with E-state index >= 15 is 0 Å². The van der Waals surface area contributed by atoms with Crippen LogP contribution in [-0.2, 0) is 6.42 Å². The summed E-state index contributed by atoms with van der Waals surface area (Å²) in [6.07, 6.45) is 3.43. The fourth-order valence-electron chi connectivity index (χ4n) is 3.21. The Morgan fingerprint density at radius 1 is 1.11 bits per heavy atom. The van der Waals surface area contributed by atoms with Crippen molar-refractivity contribution in [3.8, 4) is 0 Å². The molecule has 0 radical (unpaired) electrons. The third-order valence-electron chi connectivity index (χ3n) is 4.05. The maximum atomic E-state index is 13.7. The van der Waals surface area contributed by atoms with Crippen LogP contribution in [0.5, 0.6) is 0 Å². The predicted molar refractivity (Wildman–Crippen MR) is 68.6 cm³/mol. The highest BCUT2D eigenvalue weighted by Gasteiger charge is 2.43. The lowest BCUT2D eigenvalue weighted by atomic mass is 9.86. The van der Waals surface area contributed by atoms with Gasteiger partial charge in [-0.3, -0.25) is 0 Å². The van der Waals surface area contributed by atoms with Crippen LogP contribution in [0.1, 0.15) is 31.2 Å². The van der Waals surface area contributed by atoms with Crippen molar-refractivity contribution in [1.29, 1.82) is 0 Å². The molecule has 1 aromatic rings. The molecule has 2 heterocycles. The second-order valence-corrected chi connectivity index (χ2v) is 7.21. The van der Waals surface area contributed by atoms with E-state index in [1.165, 1.54) is 6.07 Å². The molecule has 0 aromatic heterocycles. The van der Waals surface area contributed by atoms with Crippen molar-refractivity contribution in [3.05, 3.63) is 35.1 Å². The van der Waals surface area contributed by atoms with E-state index in [1.807, 2.05) is 11.8 Å². The lowest BCUT2D eigenvalue weighted by Crippen LogP contribution is -2.39. The van der Waals surface area contributed by atoms with Gasteiger partial charge < -0.3 is 5.11 Å². The molecule has 2 unspecified atom stereocenters. The number of halogens is 3. The van der Waals surface area contributed by atoms with Crippen LogP contribution in [0.15, 0.2) is 12.1 Å². The molecular formula is C14H15F3OS. The minimum atomic E-state index is -1.45. The lowest BCUT2D eigenvalue weighted by Gasteiger charge is -2.36. The van der Waals surface area contributed by atoms with Crippen LogP contribution < -0.4 is 0 Å². The van der Waals surface area contributed by atoms with E-state index in [2.05, 4.69) is 0 Å². The van der Waals surface area contributed by atoms with Gasteiger partial charge in [0.05, 0.1) is 5.60 Å². The summed E-state index contributed by atoms with van der Waals surface area (Å²) in [6.45, 7) is 0. The van der Waals surface area contributed by atoms with Crippen LogP contribution in [-0.4, -0.2) is 21.2 Å². The SMILES string of the molecule is OC1(Cc2ccc(F)c(F)c2F)CC2CCC(C1)S2. The van der Waals surface area contributed by atoms with Crippen molar-refractivity contribution in [1.82, 2.24) is 0 Å². The predicted octanol–water partition coefficient (Wildman–Crippen LogP) is 3.44. The van der Waals surface area contributed by atoms with Gasteiger partial charge in [-0.15, -0.1) is 0 Å². The molecule has 0 spiro atoms. The minimum Gasteiger partial charge on any atom is -0.389 e. The molecule has 0 saturated carbocycles. The van der Waals surface area contributed by atoms with Gasteiger partial charge in [0.25, 0.3) is 0 Å². The van der Waals surface area contributed by atoms with Crippen LogP contribution in [0.25, 0.3) is 0 Å². The number of hydrogen-bond acceptors (Lipinski definition) is 2. The zero-order valence-electron chi connectivity index (χ0n) is 10.3. The molecule has 2 saturated heterocycles. The van der Waals surface area contributed by atoms with Gasteiger partial charge in [-0.2, -0.15) is 11.8 Å². The van der Waals surface area contributed by atoms with Crippen molar-refractivity contribution in [2.24, 2.45) is 0 Å². The topological polar surface area (TPSA) is 20.2 Å². The molecule has 1 nitrogen and oxygen atoms in total. The average Bonchev–Trinajstić information content (AvgIpc) is 2.70. The third kappa shape index (κ3) is 2.50. The molecule has 2 fully saturated rings. The Hall–Kier alpha value is -0.680. The number of hydrogen-bond donors (Lipinski definition) is 1. The zero-order valence-corrected chi connectivity index (χ0v) is 11.2. The number of benzene rings is 1. The Balaban J connectivity index is 1.83. The summed E-state index contributed by atoms with van der Waals surface area (Å²) in [6, 6.07) is 2.15. The second kappa shape index (κ2) is 4.70. The summed E-state index contributed by atoms with van der Waals surface area (Å²) in [5.74, 6) is -3.80. The van der Waals surface area contributed by atoms with Crippen molar-refractivity contribution in [2.75, 3.05) is 0 Å². The minimum absolute atomic E-state index is 0.0591. The molecular weight excluding hydrogens is 273 g/mol. The summed E-state index contributed by atoms with van der Waals surface area (Å²) >= 11 is 1.89. The monoisotopic (exact) mass is 288 g/mol. The number of fused-ring (bicyclic) bond motifs is 2. The Kier molecular flexibility index (Phi) is 3.29. The quantitative estimate of drug-likeness (QED) is 0.841. The number of thioether (sulfide) groups is 1. The van der Waals surface area contributed by atoms with Gasteiger partial charge in [0.2, 0.25) is 0 Å². The summed E-state index contributed by atoms with van der Waals surface area (Å²) in [4.78, 5) is 0. The van der Waals surface area contributed by atoms with Crippen molar-refractivity contribution in [3.63, 3.8) is 0 Å². The number of rotatable bonds is 2. The van der Waals surface area contributed by atoms with Gasteiger partial charge in [0.1, 0.15) is 0 Å². The third-order valence-corrected chi connectivity index (χ3v) is 5.62. The van der Waals surface area contributed by atoms with Crippen LogP contribution in [0, 0.1) is 17.5 Å². The average molecular weight is 288 g/mol. The van der Waals surface area contributed by atoms with Gasteiger partial charge in [-0.25, -0.2) is 13.2 Å². The van der Waals surface area contributed by atoms with Crippen LogP contribution in [0.2, 0.25) is 0 Å². The molecule has 2 aliphatic heterocycles. The maximum Gasteiger partial charge on any atom is 0.194 e. The van der Waals surface area contributed by atoms with E-state index in [-0.39, 0.29) is 12.0 Å². The van der Waals surface area contributed by atoms with E-state index in [1.54, 1.807) is 0 Å². The molecule has 2 bridgehead atoms. The smallest absolute Gasteiger partial charge is 0.194 e. The van der Waals surface area contributed by atoms with Gasteiger partial charge in [-0.05, 0) is 37.3 Å². The number of aliphatic hydroxyl groups is 1. The molecule has 19 heavy (non-hydrogen) atoms. The molecule has 3 rings (SSSR count). The summed E-state index contributed by atoms with van der Waals surface area (Å²) in [5.41, 5.74) is -0.921. The molecule has 2 aliphatic rings. The Morgan fingerprint density at radius 3 is 2.37 bits per heavy atom. The second-order valence-electron chi connectivity index (χ2n) is 5.60. The summed E-state index contributed by atoms with van der Waals surface area (Å²) in [7, 11) is 0. The highest BCUT2D eigenvalue weighted by Crippen LogP contribution is 2.48. The normalized spacial score (nSPS) is 33.7. The molecule has 0 aliphatic carbocycles. The first-order valence-electron chi connectivity index (χ1n) is 6.47. The molecule has 0 amide bonds. The van der Waals surface area contributed by atoms with Crippen molar-refractivity contribution < 1.29 is 18.3 Å².